The summed E-state index contributed by atoms with van der Waals surface area (Å²) in [5, 5.41) is 2.73. The number of nitrogens with one attached hydrogen (secondary N) is 1. The molecule has 2 aromatic rings. The molecule has 24 heavy (non-hydrogen) atoms. The van der Waals surface area contributed by atoms with Gasteiger partial charge in [0.2, 0.25) is 5.91 Å². The number of rotatable bonds is 7. The monoisotopic (exact) mass is 328 g/mol. The lowest BCUT2D eigenvalue weighted by Crippen LogP contribution is -2.14. The van der Waals surface area contributed by atoms with E-state index < -0.39 is 5.91 Å². The third-order valence-electron chi connectivity index (χ3n) is 3.21. The number of carbonyl (C=O) groups is 2. The average Bonchev–Trinajstić information content (AvgIpc) is 2.57. The number of amides is 2. The fraction of sp³-hybridized carbons (Fsp3) is 0.222. The minimum atomic E-state index is -0.550. The van der Waals surface area contributed by atoms with Crippen molar-refractivity contribution in [2.45, 2.75) is 13.8 Å². The number of carbonyl (C=O) groups excluding carboxylic acids is 2. The zero-order valence-electron chi connectivity index (χ0n) is 13.7. The molecule has 126 valence electrons. The maximum atomic E-state index is 12.4. The second kappa shape index (κ2) is 8.01. The van der Waals surface area contributed by atoms with E-state index in [-0.39, 0.29) is 5.91 Å². The second-order valence-corrected chi connectivity index (χ2v) is 4.93. The van der Waals surface area contributed by atoms with Crippen molar-refractivity contribution < 1.29 is 19.1 Å². The predicted octanol–water partition coefficient (Wildman–Crippen LogP) is 2.84. The molecule has 0 fully saturated rings. The van der Waals surface area contributed by atoms with Crippen molar-refractivity contribution in [3.05, 3.63) is 53.6 Å². The van der Waals surface area contributed by atoms with Crippen LogP contribution in [0.3, 0.4) is 0 Å². The van der Waals surface area contributed by atoms with E-state index in [0.717, 1.165) is 0 Å². The zero-order valence-corrected chi connectivity index (χ0v) is 13.7. The van der Waals surface area contributed by atoms with Crippen molar-refractivity contribution >= 4 is 17.5 Å². The topological polar surface area (TPSA) is 90.6 Å². The predicted molar refractivity (Wildman–Crippen MR) is 91.7 cm³/mol. The normalized spacial score (nSPS) is 10.1. The molecule has 0 bridgehead atoms. The number of hydrogen-bond acceptors (Lipinski definition) is 4. The first-order valence-corrected chi connectivity index (χ1v) is 7.66. The van der Waals surface area contributed by atoms with Gasteiger partial charge in [-0.15, -0.1) is 0 Å². The maximum Gasteiger partial charge on any atom is 0.255 e. The van der Waals surface area contributed by atoms with Gasteiger partial charge in [-0.25, -0.2) is 0 Å². The molecule has 0 atom stereocenters. The summed E-state index contributed by atoms with van der Waals surface area (Å²) in [5.41, 5.74) is 6.48. The fourth-order valence-electron chi connectivity index (χ4n) is 2.15. The first-order valence-electron chi connectivity index (χ1n) is 7.66. The van der Waals surface area contributed by atoms with Crippen molar-refractivity contribution in [3.63, 3.8) is 0 Å². The highest BCUT2D eigenvalue weighted by atomic mass is 16.5. The lowest BCUT2D eigenvalue weighted by molar-refractivity contribution is 0.0996. The molecule has 0 radical (unpaired) electrons. The lowest BCUT2D eigenvalue weighted by atomic mass is 10.1. The van der Waals surface area contributed by atoms with Gasteiger partial charge in [-0.2, -0.15) is 0 Å². The molecular weight excluding hydrogens is 308 g/mol. The summed E-state index contributed by atoms with van der Waals surface area (Å²) >= 11 is 0. The van der Waals surface area contributed by atoms with Crippen molar-refractivity contribution in [2.24, 2.45) is 5.73 Å². The standard InChI is InChI=1S/C18H20N2O4/c1-3-23-15-9-8-13(11-16(15)24-4-2)18(22)20-14-7-5-6-12(10-14)17(19)21/h5-11H,3-4H2,1-2H3,(H2,19,21)(H,20,22). The number of anilines is 1. The van der Waals surface area contributed by atoms with E-state index in [1.807, 2.05) is 13.8 Å². The molecule has 2 aromatic carbocycles. The molecule has 0 aliphatic carbocycles. The van der Waals surface area contributed by atoms with E-state index in [1.165, 1.54) is 6.07 Å². The van der Waals surface area contributed by atoms with E-state index >= 15 is 0 Å². The minimum Gasteiger partial charge on any atom is -0.490 e. The zero-order chi connectivity index (χ0) is 17.5. The Hall–Kier alpha value is -3.02. The third-order valence-corrected chi connectivity index (χ3v) is 3.21. The first kappa shape index (κ1) is 17.3. The van der Waals surface area contributed by atoms with Crippen molar-refractivity contribution in [3.8, 4) is 11.5 Å². The number of benzene rings is 2. The summed E-state index contributed by atoms with van der Waals surface area (Å²) < 4.78 is 11.0. The third kappa shape index (κ3) is 4.25. The SMILES string of the molecule is CCOc1ccc(C(=O)Nc2cccc(C(N)=O)c2)cc1OCC. The molecule has 0 aliphatic rings. The summed E-state index contributed by atoms with van der Waals surface area (Å²) in [6.45, 7) is 4.71. The Bertz CT molecular complexity index is 744. The summed E-state index contributed by atoms with van der Waals surface area (Å²) in [7, 11) is 0. The van der Waals surface area contributed by atoms with E-state index in [4.69, 9.17) is 15.2 Å². The molecule has 0 heterocycles. The van der Waals surface area contributed by atoms with E-state index in [1.54, 1.807) is 36.4 Å². The van der Waals surface area contributed by atoms with E-state index in [9.17, 15) is 9.59 Å². The molecule has 0 saturated carbocycles. The van der Waals surface area contributed by atoms with Crippen LogP contribution in [0, 0.1) is 0 Å². The Balaban J connectivity index is 2.21. The smallest absolute Gasteiger partial charge is 0.255 e. The minimum absolute atomic E-state index is 0.319. The second-order valence-electron chi connectivity index (χ2n) is 4.93. The Morgan fingerprint density at radius 1 is 0.958 bits per heavy atom. The van der Waals surface area contributed by atoms with Gasteiger partial charge in [0.25, 0.3) is 5.91 Å². The lowest BCUT2D eigenvalue weighted by Gasteiger charge is -2.12. The van der Waals surface area contributed by atoms with Gasteiger partial charge >= 0.3 is 0 Å². The Labute approximate surface area is 140 Å². The van der Waals surface area contributed by atoms with Gasteiger partial charge in [0.05, 0.1) is 13.2 Å². The quantitative estimate of drug-likeness (QED) is 0.817. The summed E-state index contributed by atoms with van der Waals surface area (Å²) in [6.07, 6.45) is 0. The molecule has 6 heteroatoms. The molecule has 0 aliphatic heterocycles. The van der Waals surface area contributed by atoms with Crippen LogP contribution in [-0.2, 0) is 0 Å². The van der Waals surface area contributed by atoms with Gasteiger partial charge in [0.1, 0.15) is 0 Å². The molecule has 6 nitrogen and oxygen atoms in total. The molecule has 0 saturated heterocycles. The number of ether oxygens (including phenoxy) is 2. The number of primary amides is 1. The molecule has 0 unspecified atom stereocenters. The van der Waals surface area contributed by atoms with Gasteiger partial charge in [0.15, 0.2) is 11.5 Å². The van der Waals surface area contributed by atoms with E-state index in [2.05, 4.69) is 5.32 Å². The largest absolute Gasteiger partial charge is 0.490 e. The molecule has 2 amide bonds. The molecule has 2 rings (SSSR count). The van der Waals surface area contributed by atoms with Crippen molar-refractivity contribution in [1.29, 1.82) is 0 Å². The van der Waals surface area contributed by atoms with Gasteiger partial charge in [0, 0.05) is 16.8 Å². The number of nitrogens with two attached hydrogens (primary N) is 1. The van der Waals surface area contributed by atoms with Gasteiger partial charge in [-0.05, 0) is 50.2 Å². The van der Waals surface area contributed by atoms with Crippen LogP contribution in [0.5, 0.6) is 11.5 Å². The highest BCUT2D eigenvalue weighted by molar-refractivity contribution is 6.05. The molecule has 0 aromatic heterocycles. The van der Waals surface area contributed by atoms with Gasteiger partial charge < -0.3 is 20.5 Å². The molecule has 0 spiro atoms. The van der Waals surface area contributed by atoms with Crippen LogP contribution in [-0.4, -0.2) is 25.0 Å². The average molecular weight is 328 g/mol. The molecular formula is C18H20N2O4. The van der Waals surface area contributed by atoms with Crippen LogP contribution < -0.4 is 20.5 Å². The van der Waals surface area contributed by atoms with Crippen LogP contribution in [0.15, 0.2) is 42.5 Å². The Morgan fingerprint density at radius 3 is 2.33 bits per heavy atom. The van der Waals surface area contributed by atoms with E-state index in [0.29, 0.717) is 41.5 Å². The van der Waals surface area contributed by atoms with Crippen molar-refractivity contribution in [2.75, 3.05) is 18.5 Å². The first-order chi connectivity index (χ1) is 11.5. The molecule has 3 N–H and O–H groups in total. The van der Waals surface area contributed by atoms with Crippen LogP contribution in [0.25, 0.3) is 0 Å². The highest BCUT2D eigenvalue weighted by Crippen LogP contribution is 2.29. The fourth-order valence-corrected chi connectivity index (χ4v) is 2.15. The Kier molecular flexibility index (Phi) is 5.78. The van der Waals surface area contributed by atoms with Crippen LogP contribution in [0.4, 0.5) is 5.69 Å². The van der Waals surface area contributed by atoms with Crippen molar-refractivity contribution in [1.82, 2.24) is 0 Å². The maximum absolute atomic E-state index is 12.4. The summed E-state index contributed by atoms with van der Waals surface area (Å²) in [5.74, 6) is 0.232. The number of hydrogen-bond donors (Lipinski definition) is 2. The summed E-state index contributed by atoms with van der Waals surface area (Å²) in [6, 6.07) is 11.4. The summed E-state index contributed by atoms with van der Waals surface area (Å²) in [4.78, 5) is 23.6. The van der Waals surface area contributed by atoms with Gasteiger partial charge in [-0.3, -0.25) is 9.59 Å². The highest BCUT2D eigenvalue weighted by Gasteiger charge is 2.12. The Morgan fingerprint density at radius 2 is 1.67 bits per heavy atom. The van der Waals surface area contributed by atoms with Crippen LogP contribution >= 0.6 is 0 Å². The van der Waals surface area contributed by atoms with Gasteiger partial charge in [-0.1, -0.05) is 6.07 Å². The van der Waals surface area contributed by atoms with Crippen LogP contribution in [0.1, 0.15) is 34.6 Å². The van der Waals surface area contributed by atoms with Crippen LogP contribution in [0.2, 0.25) is 0 Å².